The Bertz CT molecular complexity index is 1140. The summed E-state index contributed by atoms with van der Waals surface area (Å²) < 4.78 is 5.89. The van der Waals surface area contributed by atoms with Crippen LogP contribution in [0.4, 0.5) is 0 Å². The van der Waals surface area contributed by atoms with E-state index < -0.39 is 28.9 Å². The molecule has 0 aliphatic carbocycles. The van der Waals surface area contributed by atoms with Crippen LogP contribution in [0.3, 0.4) is 0 Å². The number of aromatic amines is 2. The number of benzene rings is 1. The fourth-order valence-electron chi connectivity index (χ4n) is 2.26. The predicted molar refractivity (Wildman–Crippen MR) is 102 cm³/mol. The van der Waals surface area contributed by atoms with E-state index in [9.17, 15) is 24.3 Å². The molecule has 158 valence electrons. The van der Waals surface area contributed by atoms with Crippen molar-refractivity contribution in [1.82, 2.24) is 25.0 Å². The second-order valence-electron chi connectivity index (χ2n) is 5.56. The molecule has 2 heterocycles. The smallest absolute Gasteiger partial charge is 0.353 e. The van der Waals surface area contributed by atoms with Crippen LogP contribution in [-0.2, 0) is 4.74 Å². The maximum absolute atomic E-state index is 12.0. The monoisotopic (exact) mass is 418 g/mol. The Morgan fingerprint density at radius 3 is 2.37 bits per heavy atom. The number of rotatable bonds is 5. The second-order valence-corrected chi connectivity index (χ2v) is 5.56. The largest absolute Gasteiger partial charge is 0.477 e. The maximum Gasteiger partial charge on any atom is 0.353 e. The van der Waals surface area contributed by atoms with Crippen molar-refractivity contribution in [3.05, 3.63) is 62.6 Å². The first-order chi connectivity index (χ1) is 14.3. The quantitative estimate of drug-likeness (QED) is 0.310. The molecule has 6 N–H and O–H groups in total. The first-order valence-electron chi connectivity index (χ1n) is 8.34. The molecule has 0 bridgehead atoms. The SMILES string of the molecule is COC(=O)c1ccc(-n2cc(-c3c(C(=O)O)[nH]c(=O)[nH]c3=O)nn2)cc1.NCCO. The van der Waals surface area contributed by atoms with Gasteiger partial charge in [0, 0.05) is 6.54 Å². The van der Waals surface area contributed by atoms with E-state index in [0.717, 1.165) is 0 Å². The van der Waals surface area contributed by atoms with E-state index in [1.54, 1.807) is 12.1 Å². The number of nitrogens with one attached hydrogen (secondary N) is 2. The zero-order chi connectivity index (χ0) is 22.3. The number of H-pyrrole nitrogens is 2. The van der Waals surface area contributed by atoms with Crippen molar-refractivity contribution < 1.29 is 24.5 Å². The first kappa shape index (κ1) is 22.2. The Morgan fingerprint density at radius 1 is 1.20 bits per heavy atom. The third-order valence-corrected chi connectivity index (χ3v) is 3.59. The van der Waals surface area contributed by atoms with Crippen molar-refractivity contribution >= 4 is 11.9 Å². The molecule has 3 rings (SSSR count). The van der Waals surface area contributed by atoms with Gasteiger partial charge >= 0.3 is 17.6 Å². The highest BCUT2D eigenvalue weighted by molar-refractivity contribution is 5.92. The number of carboxylic acids is 1. The van der Waals surface area contributed by atoms with Crippen LogP contribution in [0.5, 0.6) is 0 Å². The van der Waals surface area contributed by atoms with Gasteiger partial charge in [0.15, 0.2) is 0 Å². The molecule has 0 fully saturated rings. The topological polar surface area (TPSA) is 206 Å². The second kappa shape index (κ2) is 9.90. The molecule has 0 radical (unpaired) electrons. The average molecular weight is 418 g/mol. The summed E-state index contributed by atoms with van der Waals surface area (Å²) in [5.41, 5.74) is 2.82. The molecular formula is C17H18N6O7. The molecule has 30 heavy (non-hydrogen) atoms. The molecule has 13 heteroatoms. The number of aliphatic hydroxyl groups is 1. The average Bonchev–Trinajstić information content (AvgIpc) is 3.22. The zero-order valence-electron chi connectivity index (χ0n) is 15.7. The number of carbonyl (C=O) groups excluding carboxylic acids is 1. The molecule has 0 saturated heterocycles. The number of nitrogens with two attached hydrogens (primary N) is 1. The van der Waals surface area contributed by atoms with E-state index in [1.165, 1.54) is 30.1 Å². The summed E-state index contributed by atoms with van der Waals surface area (Å²) in [5, 5.41) is 24.6. The van der Waals surface area contributed by atoms with Crippen molar-refractivity contribution in [2.24, 2.45) is 5.73 Å². The predicted octanol–water partition coefficient (Wildman–Crippen LogP) is -1.27. The summed E-state index contributed by atoms with van der Waals surface area (Å²) in [5.74, 6) is -1.98. The fraction of sp³-hybridized carbons (Fsp3) is 0.176. The van der Waals surface area contributed by atoms with Gasteiger partial charge < -0.3 is 25.7 Å². The van der Waals surface area contributed by atoms with E-state index in [0.29, 0.717) is 17.8 Å². The number of nitrogens with zero attached hydrogens (tertiary/aromatic N) is 3. The molecule has 0 amide bonds. The van der Waals surface area contributed by atoms with Crippen molar-refractivity contribution in [2.75, 3.05) is 20.3 Å². The van der Waals surface area contributed by atoms with E-state index in [4.69, 9.17) is 10.8 Å². The van der Waals surface area contributed by atoms with Crippen LogP contribution in [0.1, 0.15) is 20.8 Å². The Kier molecular flexibility index (Phi) is 7.32. The molecule has 2 aromatic heterocycles. The molecule has 0 saturated carbocycles. The molecule has 0 unspecified atom stereocenters. The molecule has 13 nitrogen and oxygen atoms in total. The van der Waals surface area contributed by atoms with Crippen LogP contribution in [0.25, 0.3) is 16.9 Å². The Hall–Kier alpha value is -4.10. The number of methoxy groups -OCH3 is 1. The first-order valence-corrected chi connectivity index (χ1v) is 8.34. The third-order valence-electron chi connectivity index (χ3n) is 3.59. The minimum atomic E-state index is -1.49. The van der Waals surface area contributed by atoms with Gasteiger partial charge in [-0.1, -0.05) is 5.21 Å². The van der Waals surface area contributed by atoms with E-state index in [-0.39, 0.29) is 17.9 Å². The number of aliphatic hydroxyl groups excluding tert-OH is 1. The van der Waals surface area contributed by atoms with E-state index in [1.807, 2.05) is 4.98 Å². The molecule has 0 spiro atoms. The highest BCUT2D eigenvalue weighted by Crippen LogP contribution is 2.17. The van der Waals surface area contributed by atoms with Crippen molar-refractivity contribution in [3.63, 3.8) is 0 Å². The maximum atomic E-state index is 12.0. The van der Waals surface area contributed by atoms with Crippen LogP contribution in [0.15, 0.2) is 40.1 Å². The normalized spacial score (nSPS) is 10.1. The van der Waals surface area contributed by atoms with Gasteiger partial charge in [-0.15, -0.1) is 5.10 Å². The van der Waals surface area contributed by atoms with E-state index in [2.05, 4.69) is 20.0 Å². The minimum absolute atomic E-state index is 0.0445. The van der Waals surface area contributed by atoms with Crippen molar-refractivity contribution in [3.8, 4) is 16.9 Å². The summed E-state index contributed by atoms with van der Waals surface area (Å²) in [6.45, 7) is 0.472. The highest BCUT2D eigenvalue weighted by Gasteiger charge is 2.20. The molecule has 1 aromatic carbocycles. The van der Waals surface area contributed by atoms with Gasteiger partial charge in [0.1, 0.15) is 17.0 Å². The summed E-state index contributed by atoms with van der Waals surface area (Å²) >= 11 is 0. The van der Waals surface area contributed by atoms with Gasteiger partial charge in [-0.3, -0.25) is 9.78 Å². The van der Waals surface area contributed by atoms with Crippen LogP contribution in [0, 0.1) is 0 Å². The number of aromatic nitrogens is 5. The lowest BCUT2D eigenvalue weighted by atomic mass is 10.1. The number of carbonyl (C=O) groups is 2. The third kappa shape index (κ3) is 5.03. The summed E-state index contributed by atoms with van der Waals surface area (Å²) in [6.07, 6.45) is 1.32. The van der Waals surface area contributed by atoms with Gasteiger partial charge in [-0.2, -0.15) is 0 Å². The van der Waals surface area contributed by atoms with Crippen LogP contribution in [-0.4, -0.2) is 67.4 Å². The summed E-state index contributed by atoms with van der Waals surface area (Å²) in [4.78, 5) is 50.0. The number of carboxylic acid groups (broad SMARTS) is 1. The van der Waals surface area contributed by atoms with Crippen molar-refractivity contribution in [2.45, 2.75) is 0 Å². The van der Waals surface area contributed by atoms with Gasteiger partial charge in [0.05, 0.1) is 31.2 Å². The number of ether oxygens (including phenoxy) is 1. The zero-order valence-corrected chi connectivity index (χ0v) is 15.7. The lowest BCUT2D eigenvalue weighted by molar-refractivity contribution is 0.0599. The number of esters is 1. The lowest BCUT2D eigenvalue weighted by Crippen LogP contribution is -2.28. The Labute approximate surface area is 167 Å². The highest BCUT2D eigenvalue weighted by atomic mass is 16.5. The Morgan fingerprint density at radius 2 is 1.83 bits per heavy atom. The number of aromatic carboxylic acids is 1. The van der Waals surface area contributed by atoms with E-state index >= 15 is 0 Å². The summed E-state index contributed by atoms with van der Waals surface area (Å²) in [6, 6.07) is 6.16. The van der Waals surface area contributed by atoms with Crippen LogP contribution < -0.4 is 17.0 Å². The van der Waals surface area contributed by atoms with Crippen molar-refractivity contribution in [1.29, 1.82) is 0 Å². The fourth-order valence-corrected chi connectivity index (χ4v) is 2.26. The Balaban J connectivity index is 0.000000735. The van der Waals surface area contributed by atoms with Crippen LogP contribution >= 0.6 is 0 Å². The molecular weight excluding hydrogens is 400 g/mol. The number of hydrogen-bond donors (Lipinski definition) is 5. The standard InChI is InChI=1S/C15H11N5O6.C2H7NO/c1-26-14(24)7-2-4-8(5-3-7)20-6-9(18-19-20)10-11(13(22)23)16-15(25)17-12(10)21;3-1-2-4/h2-6H,1H3,(H,22,23)(H2,16,17,21,25);4H,1-3H2. The van der Waals surface area contributed by atoms with Crippen LogP contribution in [0.2, 0.25) is 0 Å². The molecule has 0 aliphatic heterocycles. The molecule has 3 aromatic rings. The molecule has 0 aliphatic rings. The van der Waals surface area contributed by atoms with Gasteiger partial charge in [-0.05, 0) is 24.3 Å². The lowest BCUT2D eigenvalue weighted by Gasteiger charge is -2.02. The van der Waals surface area contributed by atoms with Gasteiger partial charge in [-0.25, -0.2) is 19.1 Å². The van der Waals surface area contributed by atoms with Gasteiger partial charge in [0.2, 0.25) is 0 Å². The minimum Gasteiger partial charge on any atom is -0.477 e. The molecule has 0 atom stereocenters. The number of hydrogen-bond acceptors (Lipinski definition) is 9. The van der Waals surface area contributed by atoms with Gasteiger partial charge in [0.25, 0.3) is 5.56 Å². The summed E-state index contributed by atoms with van der Waals surface area (Å²) in [7, 11) is 1.27.